The van der Waals surface area contributed by atoms with E-state index >= 15 is 0 Å². The van der Waals surface area contributed by atoms with Crippen LogP contribution in [0.25, 0.3) is 0 Å². The molecule has 2 nitrogen and oxygen atoms in total. The van der Waals surface area contributed by atoms with Crippen molar-refractivity contribution in [3.05, 3.63) is 22.1 Å². The van der Waals surface area contributed by atoms with Crippen LogP contribution in [-0.2, 0) is 0 Å². The molecule has 0 saturated carbocycles. The van der Waals surface area contributed by atoms with Crippen molar-refractivity contribution in [2.75, 3.05) is 0 Å². The summed E-state index contributed by atoms with van der Waals surface area (Å²) in [4.78, 5) is 0. The lowest BCUT2D eigenvalue weighted by Crippen LogP contribution is -1.93. The lowest BCUT2D eigenvalue weighted by Gasteiger charge is -1.51. The summed E-state index contributed by atoms with van der Waals surface area (Å²) >= 11 is 0. The molecule has 0 heterocycles. The van der Waals surface area contributed by atoms with Crippen molar-refractivity contribution in [2.45, 2.75) is 0 Å². The minimum absolute atomic E-state index is 0.449. The Morgan fingerprint density at radius 1 is 1.60 bits per heavy atom. The van der Waals surface area contributed by atoms with Gasteiger partial charge in [0.25, 0.3) is 0 Å². The fraction of sp³-hybridized carbons (Fsp3) is 0. The maximum Gasteiger partial charge on any atom is 0.377 e. The molecule has 0 radical (unpaired) electrons. The van der Waals surface area contributed by atoms with Gasteiger partial charge < -0.3 is 5.26 Å². The molecule has 1 aromatic rings. The number of hydrogen-bond acceptors (Lipinski definition) is 1. The molecule has 26 valence electrons. The summed E-state index contributed by atoms with van der Waals surface area (Å²) in [6.45, 7) is 0. The zero-order valence-corrected chi connectivity index (χ0v) is 2.47. The standard InChI is InChI=1S/C3H2O2/c4-5-3-1-2-3/h1-2H. The second-order valence-electron chi connectivity index (χ2n) is 0.819. The highest BCUT2D eigenvalue weighted by atomic mass is 17.1. The average Bonchev–Trinajstić information content (AvgIpc) is 2.12. The van der Waals surface area contributed by atoms with E-state index in [-0.39, 0.29) is 0 Å². The molecule has 0 unspecified atom stereocenters. The van der Waals surface area contributed by atoms with Crippen LogP contribution in [0.3, 0.4) is 0 Å². The van der Waals surface area contributed by atoms with Gasteiger partial charge in [0.15, 0.2) is 0 Å². The van der Waals surface area contributed by atoms with Crippen LogP contribution in [0.15, 0.2) is 16.7 Å². The summed E-state index contributed by atoms with van der Waals surface area (Å²) in [5.74, 6) is 0. The van der Waals surface area contributed by atoms with Gasteiger partial charge in [-0.15, -0.1) is 0 Å². The largest absolute Gasteiger partial charge is 0.462 e. The van der Waals surface area contributed by atoms with E-state index < -0.39 is 0 Å². The van der Waals surface area contributed by atoms with Gasteiger partial charge in [0.2, 0.25) is 0 Å². The Morgan fingerprint density at radius 2 is 2.20 bits per heavy atom. The first kappa shape index (κ1) is 2.45. The Kier molecular flexibility index (Phi) is 0.283. The highest BCUT2D eigenvalue weighted by Crippen LogP contribution is 1.64. The van der Waals surface area contributed by atoms with Gasteiger partial charge in [-0.25, -0.2) is 0 Å². The first-order valence-corrected chi connectivity index (χ1v) is 1.28. The van der Waals surface area contributed by atoms with Crippen molar-refractivity contribution < 1.29 is 5.26 Å². The van der Waals surface area contributed by atoms with E-state index in [0.717, 1.165) is 0 Å². The summed E-state index contributed by atoms with van der Waals surface area (Å²) in [5, 5.41) is 9.09. The minimum atomic E-state index is 0.449. The molecule has 1 rings (SSSR count). The smallest absolute Gasteiger partial charge is 0.377 e. The molecule has 5 heavy (non-hydrogen) atoms. The Hall–Kier alpha value is -0.790. The Balaban J connectivity index is 2.99. The highest BCUT2D eigenvalue weighted by molar-refractivity contribution is 5.01. The van der Waals surface area contributed by atoms with Crippen LogP contribution in [-0.4, -0.2) is 0 Å². The molecule has 0 bridgehead atoms. The van der Waals surface area contributed by atoms with Crippen LogP contribution >= 0.6 is 0 Å². The van der Waals surface area contributed by atoms with Crippen molar-refractivity contribution in [1.29, 1.82) is 0 Å². The topological polar surface area (TPSA) is 34.4 Å². The predicted octanol–water partition coefficient (Wildman–Crippen LogP) is -1.27. The summed E-state index contributed by atoms with van der Waals surface area (Å²) in [7, 11) is 0. The van der Waals surface area contributed by atoms with Crippen molar-refractivity contribution in [1.82, 2.24) is 0 Å². The fourth-order valence-electron chi connectivity index (χ4n) is 0.0896. The van der Waals surface area contributed by atoms with Gasteiger partial charge in [-0.1, -0.05) is 0 Å². The lowest BCUT2D eigenvalue weighted by atomic mass is 11.1. The fourth-order valence-corrected chi connectivity index (χ4v) is 0.0896. The Morgan fingerprint density at radius 3 is 2.20 bits per heavy atom. The summed E-state index contributed by atoms with van der Waals surface area (Å²) in [6.07, 6.45) is 0. The van der Waals surface area contributed by atoms with Gasteiger partial charge in [-0.3, -0.25) is 0 Å². The second-order valence-corrected chi connectivity index (χ2v) is 0.819. The number of rotatable bonds is 0. The molecule has 0 aliphatic rings. The highest BCUT2D eigenvalue weighted by Gasteiger charge is 1.93. The molecule has 0 spiro atoms. The van der Waals surface area contributed by atoms with Gasteiger partial charge >= 0.3 is 5.43 Å². The maximum atomic E-state index is 9.09. The van der Waals surface area contributed by atoms with E-state index in [2.05, 4.69) is 4.58 Å². The van der Waals surface area contributed by atoms with Crippen molar-refractivity contribution in [3.63, 3.8) is 0 Å². The van der Waals surface area contributed by atoms with E-state index in [1.165, 1.54) is 0 Å². The predicted molar refractivity (Wildman–Crippen MR) is 15.1 cm³/mol. The van der Waals surface area contributed by atoms with Crippen LogP contribution in [0.4, 0.5) is 0 Å². The van der Waals surface area contributed by atoms with Crippen molar-refractivity contribution in [2.24, 2.45) is 0 Å². The maximum absolute atomic E-state index is 9.09. The Bertz CT molecular complexity index is 113. The SMILES string of the molecule is [O-][O+]=c1cc1. The molecule has 0 N–H and O–H groups in total. The molecule has 0 aliphatic heterocycles. The van der Waals surface area contributed by atoms with Gasteiger partial charge in [0.1, 0.15) is 0 Å². The quantitative estimate of drug-likeness (QED) is 0.213. The third kappa shape index (κ3) is 0.265. The van der Waals surface area contributed by atoms with E-state index in [0.29, 0.717) is 5.43 Å². The molecule has 0 saturated heterocycles. The van der Waals surface area contributed by atoms with Crippen molar-refractivity contribution in [3.8, 4) is 0 Å². The zero-order valence-electron chi connectivity index (χ0n) is 2.47. The van der Waals surface area contributed by atoms with Crippen LogP contribution in [0.5, 0.6) is 0 Å². The molecule has 0 fully saturated rings. The van der Waals surface area contributed by atoms with E-state index in [1.807, 2.05) is 0 Å². The van der Waals surface area contributed by atoms with E-state index in [4.69, 9.17) is 5.26 Å². The lowest BCUT2D eigenvalue weighted by molar-refractivity contribution is -0.305. The second kappa shape index (κ2) is 0.578. The average molecular weight is 70.0 g/mol. The third-order valence-corrected chi connectivity index (χ3v) is 0.399. The normalized spacial score (nSPS) is 8.80. The minimum Gasteiger partial charge on any atom is -0.462 e. The molecule has 0 amide bonds. The molecule has 0 aliphatic carbocycles. The van der Waals surface area contributed by atoms with E-state index in [9.17, 15) is 0 Å². The van der Waals surface area contributed by atoms with Gasteiger partial charge in [-0.05, 0) is 0 Å². The molecule has 2 heteroatoms. The molecular weight excluding hydrogens is 68.0 g/mol. The molecule has 1 aromatic carbocycles. The van der Waals surface area contributed by atoms with Crippen LogP contribution in [0.2, 0.25) is 0 Å². The Labute approximate surface area is 28.6 Å². The van der Waals surface area contributed by atoms with Crippen LogP contribution in [0.1, 0.15) is 0 Å². The molecule has 0 atom stereocenters. The summed E-state index contributed by atoms with van der Waals surface area (Å²) < 4.78 is 3.42. The summed E-state index contributed by atoms with van der Waals surface area (Å²) in [6, 6.07) is 3.21. The van der Waals surface area contributed by atoms with Crippen LogP contribution in [0, 0.1) is 0 Å². The zero-order chi connectivity index (χ0) is 3.70. The van der Waals surface area contributed by atoms with Crippen molar-refractivity contribution >= 4 is 0 Å². The van der Waals surface area contributed by atoms with Gasteiger partial charge in [0.05, 0.1) is 12.1 Å². The first-order chi connectivity index (χ1) is 2.43. The van der Waals surface area contributed by atoms with E-state index in [1.54, 1.807) is 12.1 Å². The van der Waals surface area contributed by atoms with Gasteiger partial charge in [0, 0.05) is 0 Å². The third-order valence-electron chi connectivity index (χ3n) is 0.399. The van der Waals surface area contributed by atoms with Crippen LogP contribution < -0.4 is 10.7 Å². The molecular formula is C3H2O2. The first-order valence-electron chi connectivity index (χ1n) is 1.28. The monoisotopic (exact) mass is 70.0 g/mol. The molecule has 0 aromatic heterocycles. The number of hydrogen-bond donors (Lipinski definition) is 0. The summed E-state index contributed by atoms with van der Waals surface area (Å²) in [5.41, 5.74) is 0.449. The van der Waals surface area contributed by atoms with Gasteiger partial charge in [-0.2, -0.15) is 4.58 Å².